The topological polar surface area (TPSA) is 60.2 Å². The zero-order valence-electron chi connectivity index (χ0n) is 5.82. The van der Waals surface area contributed by atoms with E-state index in [1.54, 1.807) is 0 Å². The fourth-order valence-electron chi connectivity index (χ4n) is 0.511. The Morgan fingerprint density at radius 1 is 1.36 bits per heavy atom. The van der Waals surface area contributed by atoms with Crippen molar-refractivity contribution in [3.63, 3.8) is 0 Å². The highest BCUT2D eigenvalue weighted by atomic mass is 16.6. The second-order valence-electron chi connectivity index (χ2n) is 1.62. The summed E-state index contributed by atoms with van der Waals surface area (Å²) in [6, 6.07) is 0. The molecule has 11 heavy (non-hydrogen) atoms. The number of nitro groups is 1. The zero-order chi connectivity index (χ0) is 8.85. The molecule has 0 heterocycles. The highest BCUT2D eigenvalue weighted by Crippen LogP contribution is 2.04. The molecule has 0 aromatic heterocycles. The fourth-order valence-corrected chi connectivity index (χ4v) is 0.511. The van der Waals surface area contributed by atoms with Gasteiger partial charge in [0, 0.05) is 6.08 Å². The van der Waals surface area contributed by atoms with Gasteiger partial charge in [0.1, 0.15) is 0 Å². The molecule has 0 fully saturated rings. The minimum absolute atomic E-state index is 0.0648. The Balaban J connectivity index is 5.08. The Bertz CT molecular complexity index is 230. The number of carbonyl (C=O) groups is 1. The number of carbonyl (C=O) groups excluding carboxylic acids is 1. The third-order valence-corrected chi connectivity index (χ3v) is 1.03. The molecule has 0 N–H and O–H groups in total. The molecule has 0 aromatic rings. The first-order chi connectivity index (χ1) is 5.17. The Kier molecular flexibility index (Phi) is 3.51. The van der Waals surface area contributed by atoms with E-state index in [2.05, 4.69) is 13.2 Å². The average Bonchev–Trinajstić information content (AvgIpc) is 1.99. The van der Waals surface area contributed by atoms with Gasteiger partial charge in [0.15, 0.2) is 6.29 Å². The van der Waals surface area contributed by atoms with Crippen LogP contribution in [-0.2, 0) is 4.79 Å². The maximum Gasteiger partial charge on any atom is 0.279 e. The largest absolute Gasteiger partial charge is 0.298 e. The quantitative estimate of drug-likeness (QED) is 0.200. The van der Waals surface area contributed by atoms with Crippen LogP contribution < -0.4 is 0 Å². The van der Waals surface area contributed by atoms with Crippen molar-refractivity contribution < 1.29 is 9.72 Å². The van der Waals surface area contributed by atoms with Crippen LogP contribution in [0.2, 0.25) is 0 Å². The van der Waals surface area contributed by atoms with Crippen LogP contribution in [0.4, 0.5) is 0 Å². The van der Waals surface area contributed by atoms with E-state index in [-0.39, 0.29) is 11.3 Å². The number of rotatable bonds is 4. The summed E-state index contributed by atoms with van der Waals surface area (Å²) in [5.74, 6) is 0. The summed E-state index contributed by atoms with van der Waals surface area (Å²) in [4.78, 5) is 19.6. The van der Waals surface area contributed by atoms with Crippen LogP contribution in [0.1, 0.15) is 0 Å². The summed E-state index contributed by atoms with van der Waals surface area (Å²) < 4.78 is 0. The summed E-state index contributed by atoms with van der Waals surface area (Å²) in [6.07, 6.45) is 2.49. The van der Waals surface area contributed by atoms with Gasteiger partial charge in [-0.25, -0.2) is 0 Å². The Morgan fingerprint density at radius 2 is 1.91 bits per heavy atom. The molecule has 0 rings (SSSR count). The van der Waals surface area contributed by atoms with Gasteiger partial charge in [0.05, 0.1) is 10.5 Å². The minimum Gasteiger partial charge on any atom is -0.298 e. The van der Waals surface area contributed by atoms with Crippen LogP contribution in [0.5, 0.6) is 0 Å². The van der Waals surface area contributed by atoms with Crippen LogP contribution in [0, 0.1) is 10.1 Å². The highest BCUT2D eigenvalue weighted by Gasteiger charge is 2.10. The monoisotopic (exact) mass is 153 g/mol. The van der Waals surface area contributed by atoms with Crippen molar-refractivity contribution in [1.29, 1.82) is 0 Å². The van der Waals surface area contributed by atoms with Gasteiger partial charge in [-0.2, -0.15) is 0 Å². The normalized spacial score (nSPS) is 11.3. The molecule has 0 saturated heterocycles. The molecule has 4 nitrogen and oxygen atoms in total. The molecule has 0 saturated carbocycles. The Labute approximate surface area is 63.7 Å². The van der Waals surface area contributed by atoms with E-state index in [4.69, 9.17) is 0 Å². The lowest BCUT2D eigenvalue weighted by molar-refractivity contribution is -0.419. The maximum atomic E-state index is 10.2. The van der Waals surface area contributed by atoms with Gasteiger partial charge >= 0.3 is 0 Å². The lowest BCUT2D eigenvalue weighted by Gasteiger charge is -1.90. The fraction of sp³-hybridized carbons (Fsp3) is 0. The molecule has 0 aliphatic carbocycles. The van der Waals surface area contributed by atoms with Crippen molar-refractivity contribution in [2.24, 2.45) is 0 Å². The molecular formula is C7H7NO3. The van der Waals surface area contributed by atoms with Gasteiger partial charge in [0.2, 0.25) is 0 Å². The van der Waals surface area contributed by atoms with E-state index in [0.717, 1.165) is 12.2 Å². The van der Waals surface area contributed by atoms with Gasteiger partial charge in [-0.15, -0.1) is 0 Å². The molecule has 0 aromatic carbocycles. The van der Waals surface area contributed by atoms with Gasteiger partial charge in [-0.1, -0.05) is 19.2 Å². The second-order valence-corrected chi connectivity index (χ2v) is 1.62. The van der Waals surface area contributed by atoms with Crippen LogP contribution in [0.3, 0.4) is 0 Å². The summed E-state index contributed by atoms with van der Waals surface area (Å²) in [5.41, 5.74) is -0.389. The number of aldehydes is 1. The predicted molar refractivity (Wildman–Crippen MR) is 40.5 cm³/mol. The van der Waals surface area contributed by atoms with E-state index in [0.29, 0.717) is 6.29 Å². The summed E-state index contributed by atoms with van der Waals surface area (Å²) in [7, 11) is 0. The summed E-state index contributed by atoms with van der Waals surface area (Å²) in [6.45, 7) is 6.43. The number of nitrogens with zero attached hydrogens (tertiary/aromatic N) is 1. The van der Waals surface area contributed by atoms with E-state index in [1.165, 1.54) is 0 Å². The molecule has 0 amide bonds. The van der Waals surface area contributed by atoms with Crippen LogP contribution in [-0.4, -0.2) is 11.2 Å². The lowest BCUT2D eigenvalue weighted by Crippen LogP contribution is -1.99. The molecule has 0 atom stereocenters. The molecule has 0 aliphatic rings. The maximum absolute atomic E-state index is 10.2. The number of allylic oxidation sites excluding steroid dienone is 3. The molecule has 58 valence electrons. The average molecular weight is 153 g/mol. The van der Waals surface area contributed by atoms with Gasteiger partial charge in [-0.05, 0) is 0 Å². The van der Waals surface area contributed by atoms with Gasteiger partial charge in [-0.3, -0.25) is 14.9 Å². The first-order valence-corrected chi connectivity index (χ1v) is 2.76. The molecule has 0 radical (unpaired) electrons. The Morgan fingerprint density at radius 3 is 2.00 bits per heavy atom. The van der Waals surface area contributed by atoms with Crippen molar-refractivity contribution in [2.75, 3.05) is 0 Å². The third-order valence-electron chi connectivity index (χ3n) is 1.03. The van der Waals surface area contributed by atoms with E-state index < -0.39 is 4.92 Å². The Hall–Kier alpha value is -1.71. The smallest absolute Gasteiger partial charge is 0.279 e. The molecule has 0 aliphatic heterocycles. The molecule has 0 unspecified atom stereocenters. The van der Waals surface area contributed by atoms with Crippen molar-refractivity contribution in [3.8, 4) is 0 Å². The first-order valence-electron chi connectivity index (χ1n) is 2.76. The molecule has 4 heteroatoms. The van der Waals surface area contributed by atoms with Crippen molar-refractivity contribution in [3.05, 3.63) is 46.7 Å². The van der Waals surface area contributed by atoms with Gasteiger partial charge in [0.25, 0.3) is 5.70 Å². The van der Waals surface area contributed by atoms with E-state index in [9.17, 15) is 14.9 Å². The zero-order valence-corrected chi connectivity index (χ0v) is 5.82. The van der Waals surface area contributed by atoms with Crippen LogP contribution in [0.15, 0.2) is 36.6 Å². The molecule has 0 spiro atoms. The minimum atomic E-state index is -0.682. The van der Waals surface area contributed by atoms with Crippen molar-refractivity contribution in [2.45, 2.75) is 0 Å². The number of hydrogen-bond acceptors (Lipinski definition) is 3. The standard InChI is InChI=1S/C7H7NO3/c1-3-6(5-9)7(4-2)8(10)11/h3-5H,1-2H2/b7-6-. The van der Waals surface area contributed by atoms with Crippen molar-refractivity contribution >= 4 is 6.29 Å². The van der Waals surface area contributed by atoms with Gasteiger partial charge < -0.3 is 0 Å². The van der Waals surface area contributed by atoms with Crippen LogP contribution >= 0.6 is 0 Å². The van der Waals surface area contributed by atoms with E-state index in [1.807, 2.05) is 0 Å². The molecule has 0 bridgehead atoms. The third kappa shape index (κ3) is 2.17. The lowest BCUT2D eigenvalue weighted by atomic mass is 10.2. The summed E-state index contributed by atoms with van der Waals surface area (Å²) in [5, 5.41) is 10.2. The predicted octanol–water partition coefficient (Wildman–Crippen LogP) is 1.09. The SMILES string of the molecule is C=C/C(C=O)=C(\C=C)[N+](=O)[O-]. The van der Waals surface area contributed by atoms with E-state index >= 15 is 0 Å². The van der Waals surface area contributed by atoms with Crippen molar-refractivity contribution in [1.82, 2.24) is 0 Å². The summed E-state index contributed by atoms with van der Waals surface area (Å²) >= 11 is 0. The molecular weight excluding hydrogens is 146 g/mol. The highest BCUT2D eigenvalue weighted by molar-refractivity contribution is 5.78. The number of hydrogen-bond donors (Lipinski definition) is 0. The second kappa shape index (κ2) is 4.16. The van der Waals surface area contributed by atoms with Crippen LogP contribution in [0.25, 0.3) is 0 Å². The first kappa shape index (κ1) is 9.29.